The molecule has 1 heterocycles. The van der Waals surface area contributed by atoms with Gasteiger partial charge in [0, 0.05) is 50.7 Å². The summed E-state index contributed by atoms with van der Waals surface area (Å²) in [6, 6.07) is 7.52. The average molecular weight is 404 g/mol. The van der Waals surface area contributed by atoms with E-state index in [2.05, 4.69) is 48.3 Å². The molecule has 1 aromatic rings. The van der Waals surface area contributed by atoms with E-state index >= 15 is 0 Å². The lowest BCUT2D eigenvalue weighted by Gasteiger charge is -2.40. The summed E-state index contributed by atoms with van der Waals surface area (Å²) >= 11 is 0. The highest BCUT2D eigenvalue weighted by atomic mass is 19.1. The second-order valence-corrected chi connectivity index (χ2v) is 9.02. The normalized spacial score (nSPS) is 21.2. The van der Waals surface area contributed by atoms with E-state index in [1.807, 2.05) is 6.07 Å². The Balaban J connectivity index is 1.61. The van der Waals surface area contributed by atoms with Crippen molar-refractivity contribution in [2.45, 2.75) is 45.1 Å². The first-order chi connectivity index (χ1) is 13.9. The van der Waals surface area contributed by atoms with E-state index in [0.29, 0.717) is 18.5 Å². The molecule has 0 amide bonds. The maximum Gasteiger partial charge on any atom is 0.191 e. The van der Waals surface area contributed by atoms with Gasteiger partial charge in [0.25, 0.3) is 0 Å². The van der Waals surface area contributed by atoms with E-state index in [-0.39, 0.29) is 11.2 Å². The highest BCUT2D eigenvalue weighted by Gasteiger charge is 2.44. The SMILES string of the molecule is CCNC(=NCC1(c2cccc(F)c2)CC1)NCC(C(C)C)N1CCN(C)CC1. The van der Waals surface area contributed by atoms with Gasteiger partial charge in [0.05, 0.1) is 6.54 Å². The number of likely N-dealkylation sites (N-methyl/N-ethyl adjacent to an activating group) is 1. The third-order valence-corrected chi connectivity index (χ3v) is 6.43. The zero-order valence-electron chi connectivity index (χ0n) is 18.5. The van der Waals surface area contributed by atoms with E-state index in [1.54, 1.807) is 12.1 Å². The Morgan fingerprint density at radius 1 is 1.17 bits per heavy atom. The van der Waals surface area contributed by atoms with Crippen LogP contribution in [0.1, 0.15) is 39.2 Å². The fraction of sp³-hybridized carbons (Fsp3) is 0.696. The quantitative estimate of drug-likeness (QED) is 0.517. The third kappa shape index (κ3) is 5.92. The molecule has 1 aliphatic carbocycles. The molecule has 0 aromatic heterocycles. The maximum atomic E-state index is 13.7. The topological polar surface area (TPSA) is 42.9 Å². The monoisotopic (exact) mass is 403 g/mol. The summed E-state index contributed by atoms with van der Waals surface area (Å²) < 4.78 is 13.7. The molecule has 0 bridgehead atoms. The number of aliphatic imine (C=N–C) groups is 1. The van der Waals surface area contributed by atoms with E-state index in [9.17, 15) is 4.39 Å². The van der Waals surface area contributed by atoms with Gasteiger partial charge in [-0.25, -0.2) is 4.39 Å². The number of hydrogen-bond acceptors (Lipinski definition) is 3. The van der Waals surface area contributed by atoms with Gasteiger partial charge >= 0.3 is 0 Å². The van der Waals surface area contributed by atoms with Crippen LogP contribution in [-0.4, -0.2) is 74.7 Å². The van der Waals surface area contributed by atoms with Crippen LogP contribution in [0.4, 0.5) is 4.39 Å². The minimum absolute atomic E-state index is 0.0132. The summed E-state index contributed by atoms with van der Waals surface area (Å²) in [4.78, 5) is 9.89. The highest BCUT2D eigenvalue weighted by molar-refractivity contribution is 5.79. The van der Waals surface area contributed by atoms with Crippen LogP contribution in [0.5, 0.6) is 0 Å². The Bertz CT molecular complexity index is 678. The first kappa shape index (κ1) is 22.0. The molecule has 29 heavy (non-hydrogen) atoms. The van der Waals surface area contributed by atoms with Gasteiger partial charge < -0.3 is 15.5 Å². The molecule has 2 aliphatic rings. The number of rotatable bonds is 8. The van der Waals surface area contributed by atoms with Crippen LogP contribution in [0, 0.1) is 11.7 Å². The predicted octanol–water partition coefficient (Wildman–Crippen LogP) is 2.68. The molecule has 1 atom stereocenters. The van der Waals surface area contributed by atoms with Crippen LogP contribution < -0.4 is 10.6 Å². The molecule has 2 fully saturated rings. The fourth-order valence-electron chi connectivity index (χ4n) is 4.22. The van der Waals surface area contributed by atoms with E-state index in [1.165, 1.54) is 6.07 Å². The van der Waals surface area contributed by atoms with Crippen LogP contribution in [-0.2, 0) is 5.41 Å². The van der Waals surface area contributed by atoms with Crippen LogP contribution in [0.25, 0.3) is 0 Å². The second-order valence-electron chi connectivity index (χ2n) is 9.02. The van der Waals surface area contributed by atoms with Crippen molar-refractivity contribution >= 4 is 5.96 Å². The molecule has 1 saturated heterocycles. The van der Waals surface area contributed by atoms with Crippen LogP contribution in [0.2, 0.25) is 0 Å². The summed E-state index contributed by atoms with van der Waals surface area (Å²) in [6.07, 6.45) is 2.16. The van der Waals surface area contributed by atoms with Crippen LogP contribution in [0.3, 0.4) is 0 Å². The minimum atomic E-state index is -0.158. The predicted molar refractivity (Wildman–Crippen MR) is 119 cm³/mol. The van der Waals surface area contributed by atoms with Gasteiger partial charge in [0.2, 0.25) is 0 Å². The zero-order valence-corrected chi connectivity index (χ0v) is 18.5. The number of nitrogens with one attached hydrogen (secondary N) is 2. The average Bonchev–Trinajstić information content (AvgIpc) is 3.48. The molecular formula is C23H38FN5. The molecule has 0 radical (unpaired) electrons. The Labute approximate surface area is 175 Å². The maximum absolute atomic E-state index is 13.7. The number of benzene rings is 1. The molecule has 6 heteroatoms. The van der Waals surface area contributed by atoms with Crippen molar-refractivity contribution in [3.05, 3.63) is 35.6 Å². The molecule has 1 unspecified atom stereocenters. The summed E-state index contributed by atoms with van der Waals surface area (Å²) in [5.74, 6) is 1.29. The standard InChI is InChI=1S/C23H38FN5/c1-5-25-22(26-16-21(18(2)3)29-13-11-28(4)12-14-29)27-17-23(9-10-23)19-7-6-8-20(24)15-19/h6-8,15,18,21H,5,9-14,16-17H2,1-4H3,(H2,25,26,27). The highest BCUT2D eigenvalue weighted by Crippen LogP contribution is 2.48. The van der Waals surface area contributed by atoms with Crippen LogP contribution >= 0.6 is 0 Å². The summed E-state index contributed by atoms with van der Waals surface area (Å²) in [5.41, 5.74) is 1.09. The first-order valence-electron chi connectivity index (χ1n) is 11.1. The van der Waals surface area contributed by atoms with Gasteiger partial charge in [-0.05, 0) is 50.4 Å². The molecule has 5 nitrogen and oxygen atoms in total. The lowest BCUT2D eigenvalue weighted by atomic mass is 9.96. The van der Waals surface area contributed by atoms with E-state index < -0.39 is 0 Å². The lowest BCUT2D eigenvalue weighted by Crippen LogP contribution is -2.55. The van der Waals surface area contributed by atoms with Crippen molar-refractivity contribution in [3.63, 3.8) is 0 Å². The summed E-state index contributed by atoms with van der Waals surface area (Å²) in [7, 11) is 2.20. The zero-order chi connectivity index (χ0) is 20.9. The number of guanidine groups is 1. The smallest absolute Gasteiger partial charge is 0.191 e. The molecule has 0 spiro atoms. The van der Waals surface area contributed by atoms with Gasteiger partial charge in [-0.3, -0.25) is 9.89 Å². The van der Waals surface area contributed by atoms with Gasteiger partial charge in [-0.2, -0.15) is 0 Å². The Kier molecular flexibility index (Phi) is 7.52. The molecule has 1 aliphatic heterocycles. The molecule has 3 rings (SSSR count). The third-order valence-electron chi connectivity index (χ3n) is 6.43. The van der Waals surface area contributed by atoms with Crippen molar-refractivity contribution in [2.75, 3.05) is 52.9 Å². The van der Waals surface area contributed by atoms with Crippen molar-refractivity contribution in [3.8, 4) is 0 Å². The van der Waals surface area contributed by atoms with Gasteiger partial charge in [-0.1, -0.05) is 26.0 Å². The second kappa shape index (κ2) is 9.90. The van der Waals surface area contributed by atoms with Crippen molar-refractivity contribution in [1.29, 1.82) is 0 Å². The van der Waals surface area contributed by atoms with Crippen molar-refractivity contribution < 1.29 is 4.39 Å². The van der Waals surface area contributed by atoms with Crippen LogP contribution in [0.15, 0.2) is 29.3 Å². The summed E-state index contributed by atoms with van der Waals surface area (Å²) in [6.45, 7) is 13.6. The minimum Gasteiger partial charge on any atom is -0.357 e. The van der Waals surface area contributed by atoms with Crippen molar-refractivity contribution in [1.82, 2.24) is 20.4 Å². The Morgan fingerprint density at radius 3 is 2.48 bits per heavy atom. The fourth-order valence-corrected chi connectivity index (χ4v) is 4.22. The van der Waals surface area contributed by atoms with Gasteiger partial charge in [0.15, 0.2) is 5.96 Å². The van der Waals surface area contributed by atoms with Gasteiger partial charge in [-0.15, -0.1) is 0 Å². The molecule has 162 valence electrons. The number of piperazine rings is 1. The Morgan fingerprint density at radius 2 is 1.90 bits per heavy atom. The van der Waals surface area contributed by atoms with E-state index in [4.69, 9.17) is 4.99 Å². The Hall–Kier alpha value is -1.66. The number of nitrogens with zero attached hydrogens (tertiary/aromatic N) is 3. The molecule has 2 N–H and O–H groups in total. The summed E-state index contributed by atoms with van der Waals surface area (Å²) in [5, 5.41) is 6.97. The molecular weight excluding hydrogens is 365 g/mol. The molecule has 1 aromatic carbocycles. The van der Waals surface area contributed by atoms with Gasteiger partial charge in [0.1, 0.15) is 5.82 Å². The molecule has 1 saturated carbocycles. The largest absolute Gasteiger partial charge is 0.357 e. The van der Waals surface area contributed by atoms with E-state index in [0.717, 1.165) is 63.6 Å². The first-order valence-corrected chi connectivity index (χ1v) is 11.1. The number of halogens is 1. The van der Waals surface area contributed by atoms with Crippen molar-refractivity contribution in [2.24, 2.45) is 10.9 Å². The lowest BCUT2D eigenvalue weighted by molar-refractivity contribution is 0.0900. The number of hydrogen-bond donors (Lipinski definition) is 2.